The van der Waals surface area contributed by atoms with Gasteiger partial charge in [-0.3, -0.25) is 0 Å². The average molecular weight is 269 g/mol. The van der Waals surface area contributed by atoms with Crippen molar-refractivity contribution < 1.29 is 22.6 Å². The van der Waals surface area contributed by atoms with Crippen LogP contribution in [0.5, 0.6) is 0 Å². The van der Waals surface area contributed by atoms with Crippen molar-refractivity contribution in [1.29, 1.82) is 0 Å². The Morgan fingerprint density at radius 2 is 2.00 bits per heavy atom. The minimum Gasteiger partial charge on any atom is -0.381 e. The Morgan fingerprint density at radius 3 is 2.56 bits per heavy atom. The lowest BCUT2D eigenvalue weighted by atomic mass is 9.93. The molecule has 3 nitrogen and oxygen atoms in total. The van der Waals surface area contributed by atoms with Crippen molar-refractivity contribution >= 4 is 0 Å². The van der Waals surface area contributed by atoms with E-state index in [-0.39, 0.29) is 12.6 Å². The van der Waals surface area contributed by atoms with Gasteiger partial charge in [0.1, 0.15) is 6.61 Å². The summed E-state index contributed by atoms with van der Waals surface area (Å²) < 4.78 is 46.0. The quantitative estimate of drug-likeness (QED) is 0.769. The van der Waals surface area contributed by atoms with Crippen molar-refractivity contribution in [3.63, 3.8) is 0 Å². The molecule has 1 heterocycles. The Balaban J connectivity index is 2.25. The predicted molar refractivity (Wildman–Crippen MR) is 62.5 cm³/mol. The van der Waals surface area contributed by atoms with Crippen LogP contribution in [-0.4, -0.2) is 45.2 Å². The molecule has 1 unspecified atom stereocenters. The summed E-state index contributed by atoms with van der Waals surface area (Å²) in [5, 5.41) is 3.18. The largest absolute Gasteiger partial charge is 0.411 e. The van der Waals surface area contributed by atoms with E-state index in [1.165, 1.54) is 0 Å². The maximum absolute atomic E-state index is 12.0. The molecule has 1 saturated heterocycles. The smallest absolute Gasteiger partial charge is 0.381 e. The summed E-state index contributed by atoms with van der Waals surface area (Å²) in [5.41, 5.74) is 0. The molecule has 0 bridgehead atoms. The second-order valence-electron chi connectivity index (χ2n) is 4.68. The van der Waals surface area contributed by atoms with Crippen molar-refractivity contribution in [2.45, 2.75) is 38.4 Å². The van der Waals surface area contributed by atoms with E-state index in [0.717, 1.165) is 39.0 Å². The first-order valence-electron chi connectivity index (χ1n) is 6.47. The molecule has 1 rings (SSSR count). The highest BCUT2D eigenvalue weighted by Crippen LogP contribution is 2.21. The van der Waals surface area contributed by atoms with E-state index in [2.05, 4.69) is 5.32 Å². The first kappa shape index (κ1) is 15.7. The van der Waals surface area contributed by atoms with Gasteiger partial charge < -0.3 is 14.8 Å². The number of rotatable bonds is 7. The monoisotopic (exact) mass is 269 g/mol. The topological polar surface area (TPSA) is 30.5 Å². The second kappa shape index (κ2) is 7.96. The van der Waals surface area contributed by atoms with Crippen LogP contribution < -0.4 is 5.32 Å². The molecule has 6 heteroatoms. The van der Waals surface area contributed by atoms with E-state index in [4.69, 9.17) is 9.47 Å². The van der Waals surface area contributed by atoms with E-state index in [0.29, 0.717) is 5.92 Å². The predicted octanol–water partition coefficient (Wildman–Crippen LogP) is 2.36. The van der Waals surface area contributed by atoms with Crippen LogP contribution in [0.25, 0.3) is 0 Å². The van der Waals surface area contributed by atoms with Gasteiger partial charge in [0.15, 0.2) is 0 Å². The molecule has 1 aliphatic heterocycles. The first-order chi connectivity index (χ1) is 8.51. The van der Waals surface area contributed by atoms with Gasteiger partial charge in [0, 0.05) is 19.3 Å². The zero-order valence-corrected chi connectivity index (χ0v) is 10.8. The normalized spacial score (nSPS) is 20.0. The van der Waals surface area contributed by atoms with Gasteiger partial charge in [0.2, 0.25) is 0 Å². The van der Waals surface area contributed by atoms with Crippen LogP contribution in [0.15, 0.2) is 0 Å². The molecular weight excluding hydrogens is 247 g/mol. The van der Waals surface area contributed by atoms with Gasteiger partial charge in [-0.2, -0.15) is 13.2 Å². The molecule has 0 spiro atoms. The van der Waals surface area contributed by atoms with Crippen LogP contribution in [0.3, 0.4) is 0 Å². The minimum atomic E-state index is -4.24. The van der Waals surface area contributed by atoms with Crippen LogP contribution >= 0.6 is 0 Å². The molecular formula is C12H22F3NO2. The molecule has 0 aliphatic carbocycles. The molecule has 0 aromatic heterocycles. The highest BCUT2D eigenvalue weighted by Gasteiger charge is 2.28. The lowest BCUT2D eigenvalue weighted by molar-refractivity contribution is -0.175. The van der Waals surface area contributed by atoms with E-state index >= 15 is 0 Å². The number of alkyl halides is 3. The van der Waals surface area contributed by atoms with E-state index in [1.54, 1.807) is 0 Å². The fraction of sp³-hybridized carbons (Fsp3) is 1.00. The Morgan fingerprint density at radius 1 is 1.33 bits per heavy atom. The highest BCUT2D eigenvalue weighted by molar-refractivity contribution is 4.73. The first-order valence-corrected chi connectivity index (χ1v) is 6.47. The summed E-state index contributed by atoms with van der Waals surface area (Å²) in [6.45, 7) is 3.15. The Bertz CT molecular complexity index is 218. The number of ether oxygens (including phenoxy) is 2. The van der Waals surface area contributed by atoms with Crippen LogP contribution in [0.4, 0.5) is 13.2 Å². The molecule has 0 amide bonds. The summed E-state index contributed by atoms with van der Waals surface area (Å²) in [6, 6.07) is 0.000417. The summed E-state index contributed by atoms with van der Waals surface area (Å²) in [7, 11) is 0. The average Bonchev–Trinajstić information content (AvgIpc) is 2.29. The maximum Gasteiger partial charge on any atom is 0.411 e. The summed E-state index contributed by atoms with van der Waals surface area (Å²) >= 11 is 0. The van der Waals surface area contributed by atoms with Gasteiger partial charge in [-0.1, -0.05) is 6.92 Å². The number of hydrogen-bond acceptors (Lipinski definition) is 3. The van der Waals surface area contributed by atoms with Gasteiger partial charge in [-0.05, 0) is 31.7 Å². The van der Waals surface area contributed by atoms with E-state index < -0.39 is 12.8 Å². The van der Waals surface area contributed by atoms with Crippen molar-refractivity contribution in [3.05, 3.63) is 0 Å². The maximum atomic E-state index is 12.0. The van der Waals surface area contributed by atoms with Crippen molar-refractivity contribution in [2.24, 2.45) is 5.92 Å². The second-order valence-corrected chi connectivity index (χ2v) is 4.68. The van der Waals surface area contributed by atoms with Gasteiger partial charge in [-0.25, -0.2) is 0 Å². The fourth-order valence-corrected chi connectivity index (χ4v) is 2.20. The van der Waals surface area contributed by atoms with Gasteiger partial charge >= 0.3 is 6.18 Å². The van der Waals surface area contributed by atoms with E-state index in [1.807, 2.05) is 6.92 Å². The van der Waals surface area contributed by atoms with Gasteiger partial charge in [0.25, 0.3) is 0 Å². The molecule has 1 atom stereocenters. The standard InChI is InChI=1S/C12H22F3NO2/c1-2-16-11(8-18-9-12(13,14)15)7-10-3-5-17-6-4-10/h10-11,16H,2-9H2,1H3. The van der Waals surface area contributed by atoms with Crippen molar-refractivity contribution in [1.82, 2.24) is 5.32 Å². The van der Waals surface area contributed by atoms with Gasteiger partial charge in [0.05, 0.1) is 6.61 Å². The molecule has 1 N–H and O–H groups in total. The summed E-state index contributed by atoms with van der Waals surface area (Å²) in [4.78, 5) is 0. The third-order valence-corrected chi connectivity index (χ3v) is 3.04. The number of hydrogen-bond donors (Lipinski definition) is 1. The molecule has 0 radical (unpaired) electrons. The molecule has 108 valence electrons. The molecule has 0 saturated carbocycles. The highest BCUT2D eigenvalue weighted by atomic mass is 19.4. The minimum absolute atomic E-state index is 0.000417. The lowest BCUT2D eigenvalue weighted by Gasteiger charge is -2.27. The zero-order valence-electron chi connectivity index (χ0n) is 10.8. The fourth-order valence-electron chi connectivity index (χ4n) is 2.20. The Labute approximate surface area is 106 Å². The Kier molecular flexibility index (Phi) is 6.96. The van der Waals surface area contributed by atoms with Crippen LogP contribution in [0.2, 0.25) is 0 Å². The molecule has 18 heavy (non-hydrogen) atoms. The van der Waals surface area contributed by atoms with Crippen LogP contribution in [0, 0.1) is 5.92 Å². The van der Waals surface area contributed by atoms with Crippen molar-refractivity contribution in [2.75, 3.05) is 33.0 Å². The van der Waals surface area contributed by atoms with E-state index in [9.17, 15) is 13.2 Å². The molecule has 0 aromatic carbocycles. The summed E-state index contributed by atoms with van der Waals surface area (Å²) in [6.07, 6.45) is -1.41. The zero-order chi connectivity index (χ0) is 13.4. The number of halogens is 3. The SMILES string of the molecule is CCNC(COCC(F)(F)F)CC1CCOCC1. The summed E-state index contributed by atoms with van der Waals surface area (Å²) in [5.74, 6) is 0.525. The third kappa shape index (κ3) is 7.18. The van der Waals surface area contributed by atoms with Crippen LogP contribution in [0.1, 0.15) is 26.2 Å². The van der Waals surface area contributed by atoms with Gasteiger partial charge in [-0.15, -0.1) is 0 Å². The number of nitrogens with one attached hydrogen (secondary N) is 1. The molecule has 1 aliphatic rings. The lowest BCUT2D eigenvalue weighted by Crippen LogP contribution is -2.37. The Hall–Kier alpha value is -0.330. The van der Waals surface area contributed by atoms with Crippen molar-refractivity contribution in [3.8, 4) is 0 Å². The molecule has 0 aromatic rings. The molecule has 1 fully saturated rings. The third-order valence-electron chi connectivity index (χ3n) is 3.04. The number of likely N-dealkylation sites (N-methyl/N-ethyl adjacent to an activating group) is 1. The van der Waals surface area contributed by atoms with Crippen LogP contribution in [-0.2, 0) is 9.47 Å².